The molecule has 7 nitrogen and oxygen atoms in total. The normalized spacial score (nSPS) is 13.3. The second kappa shape index (κ2) is 6.47. The fraction of sp³-hybridized carbons (Fsp3) is 0.357. The average molecular weight is 321 g/mol. The molecule has 0 saturated heterocycles. The lowest BCUT2D eigenvalue weighted by Gasteiger charge is -2.19. The number of pyridine rings is 1. The van der Waals surface area contributed by atoms with Crippen molar-refractivity contribution in [2.75, 3.05) is 14.1 Å². The minimum Gasteiger partial charge on any atom is -0.265 e. The lowest BCUT2D eigenvalue weighted by molar-refractivity contribution is 0.494. The molecule has 2 aromatic heterocycles. The van der Waals surface area contributed by atoms with E-state index in [0.717, 1.165) is 21.1 Å². The highest BCUT2D eigenvalue weighted by molar-refractivity contribution is 7.87. The maximum absolute atomic E-state index is 11.9. The van der Waals surface area contributed by atoms with Crippen molar-refractivity contribution in [3.8, 4) is 11.4 Å². The molecule has 0 spiro atoms. The Morgan fingerprint density at radius 3 is 2.41 bits per heavy atom. The van der Waals surface area contributed by atoms with Gasteiger partial charge in [0.05, 0.1) is 0 Å². The third-order valence-corrected chi connectivity index (χ3v) is 4.84. The first-order valence-corrected chi connectivity index (χ1v) is 8.19. The number of hydrogen-bond donors (Lipinski definition) is 1. The van der Waals surface area contributed by atoms with Crippen LogP contribution in [-0.2, 0) is 10.2 Å². The number of aromatic nitrogens is 3. The first kappa shape index (κ1) is 16.5. The Balaban J connectivity index is 2.27. The number of hydrogen-bond acceptors (Lipinski definition) is 5. The SMILES string of the molecule is Cc1nc(-c2ccncc2)ncc1C(C)NS(=O)(=O)N(C)C. The van der Waals surface area contributed by atoms with E-state index in [2.05, 4.69) is 19.7 Å². The van der Waals surface area contributed by atoms with Crippen molar-refractivity contribution in [2.24, 2.45) is 0 Å². The number of aryl methyl sites for hydroxylation is 1. The summed E-state index contributed by atoms with van der Waals surface area (Å²) in [4.78, 5) is 12.7. The molecule has 2 rings (SSSR count). The fourth-order valence-corrected chi connectivity index (χ4v) is 2.72. The Morgan fingerprint density at radius 2 is 1.86 bits per heavy atom. The Labute approximate surface area is 130 Å². The summed E-state index contributed by atoms with van der Waals surface area (Å²) in [7, 11) is -0.551. The van der Waals surface area contributed by atoms with Crippen LogP contribution < -0.4 is 4.72 Å². The average Bonchev–Trinajstić information content (AvgIpc) is 2.47. The molecule has 1 N–H and O–H groups in total. The van der Waals surface area contributed by atoms with Crippen molar-refractivity contribution in [2.45, 2.75) is 19.9 Å². The van der Waals surface area contributed by atoms with Crippen LogP contribution in [-0.4, -0.2) is 41.8 Å². The van der Waals surface area contributed by atoms with Crippen LogP contribution in [0.25, 0.3) is 11.4 Å². The lowest BCUT2D eigenvalue weighted by Crippen LogP contribution is -2.37. The quantitative estimate of drug-likeness (QED) is 0.897. The molecule has 2 heterocycles. The molecule has 0 saturated carbocycles. The van der Waals surface area contributed by atoms with Gasteiger partial charge in [-0.2, -0.15) is 17.4 Å². The van der Waals surface area contributed by atoms with Gasteiger partial charge in [0.2, 0.25) is 0 Å². The maximum Gasteiger partial charge on any atom is 0.279 e. The predicted octanol–water partition coefficient (Wildman–Crippen LogP) is 1.30. The van der Waals surface area contributed by atoms with Crippen molar-refractivity contribution in [3.63, 3.8) is 0 Å². The zero-order chi connectivity index (χ0) is 16.3. The van der Waals surface area contributed by atoms with E-state index >= 15 is 0 Å². The molecule has 1 atom stereocenters. The first-order valence-electron chi connectivity index (χ1n) is 6.75. The topological polar surface area (TPSA) is 88.1 Å². The molecule has 0 amide bonds. The highest BCUT2D eigenvalue weighted by Gasteiger charge is 2.20. The van der Waals surface area contributed by atoms with Gasteiger partial charge < -0.3 is 0 Å². The van der Waals surface area contributed by atoms with Gasteiger partial charge in [0.25, 0.3) is 10.2 Å². The minimum absolute atomic E-state index is 0.418. The van der Waals surface area contributed by atoms with Gasteiger partial charge in [0, 0.05) is 55.5 Å². The van der Waals surface area contributed by atoms with Gasteiger partial charge in [-0.3, -0.25) is 4.98 Å². The Kier molecular flexibility index (Phi) is 4.84. The fourth-order valence-electron chi connectivity index (χ4n) is 1.93. The minimum atomic E-state index is -3.51. The number of rotatable bonds is 5. The molecule has 1 unspecified atom stereocenters. The Bertz CT molecular complexity index is 747. The van der Waals surface area contributed by atoms with Crippen molar-refractivity contribution in [1.29, 1.82) is 0 Å². The van der Waals surface area contributed by atoms with Crippen molar-refractivity contribution >= 4 is 10.2 Å². The second-order valence-corrected chi connectivity index (χ2v) is 7.01. The molecule has 118 valence electrons. The standard InChI is InChI=1S/C14H19N5O2S/c1-10-13(11(2)18-22(20,21)19(3)4)9-16-14(17-10)12-5-7-15-8-6-12/h5-9,11,18H,1-4H3. The van der Waals surface area contributed by atoms with Crippen molar-refractivity contribution in [3.05, 3.63) is 42.0 Å². The molecule has 0 aromatic carbocycles. The summed E-state index contributed by atoms with van der Waals surface area (Å²) in [6.07, 6.45) is 5.01. The van der Waals surface area contributed by atoms with E-state index < -0.39 is 16.3 Å². The molecule has 8 heteroatoms. The first-order chi connectivity index (χ1) is 10.3. The van der Waals surface area contributed by atoms with Gasteiger partial charge in [-0.05, 0) is 26.0 Å². The Hall–Kier alpha value is -1.90. The van der Waals surface area contributed by atoms with Crippen LogP contribution >= 0.6 is 0 Å². The summed E-state index contributed by atoms with van der Waals surface area (Å²) >= 11 is 0. The van der Waals surface area contributed by atoms with E-state index in [1.54, 1.807) is 25.5 Å². The monoisotopic (exact) mass is 321 g/mol. The zero-order valence-electron chi connectivity index (χ0n) is 13.0. The molecule has 2 aromatic rings. The van der Waals surface area contributed by atoms with Gasteiger partial charge >= 0.3 is 0 Å². The largest absolute Gasteiger partial charge is 0.279 e. The summed E-state index contributed by atoms with van der Waals surface area (Å²) in [5.74, 6) is 0.589. The molecule has 0 radical (unpaired) electrons. The molecule has 0 bridgehead atoms. The van der Waals surface area contributed by atoms with Gasteiger partial charge in [-0.25, -0.2) is 9.97 Å². The van der Waals surface area contributed by atoms with E-state index in [9.17, 15) is 8.42 Å². The maximum atomic E-state index is 11.9. The van der Waals surface area contributed by atoms with Gasteiger partial charge in [-0.15, -0.1) is 0 Å². The molecular formula is C14H19N5O2S. The van der Waals surface area contributed by atoms with Crippen LogP contribution in [0.5, 0.6) is 0 Å². The second-order valence-electron chi connectivity index (χ2n) is 5.10. The summed E-state index contributed by atoms with van der Waals surface area (Å²) in [6.45, 7) is 3.60. The van der Waals surface area contributed by atoms with Gasteiger partial charge in [0.15, 0.2) is 5.82 Å². The summed E-state index contributed by atoms with van der Waals surface area (Å²) in [5, 5.41) is 0. The third kappa shape index (κ3) is 3.65. The lowest BCUT2D eigenvalue weighted by atomic mass is 10.1. The van der Waals surface area contributed by atoms with Crippen LogP contribution in [0, 0.1) is 6.92 Å². The van der Waals surface area contributed by atoms with Gasteiger partial charge in [0.1, 0.15) is 0 Å². The number of nitrogens with one attached hydrogen (secondary N) is 1. The van der Waals surface area contributed by atoms with Gasteiger partial charge in [-0.1, -0.05) is 0 Å². The smallest absolute Gasteiger partial charge is 0.265 e. The molecule has 0 aliphatic carbocycles. The molecule has 0 aliphatic rings. The van der Waals surface area contributed by atoms with Crippen LogP contribution in [0.4, 0.5) is 0 Å². The van der Waals surface area contributed by atoms with Crippen LogP contribution in [0.1, 0.15) is 24.2 Å². The van der Waals surface area contributed by atoms with E-state index in [1.807, 2.05) is 19.1 Å². The number of nitrogens with zero attached hydrogens (tertiary/aromatic N) is 4. The predicted molar refractivity (Wildman–Crippen MR) is 84.2 cm³/mol. The third-order valence-electron chi connectivity index (χ3n) is 3.23. The van der Waals surface area contributed by atoms with Crippen LogP contribution in [0.3, 0.4) is 0 Å². The van der Waals surface area contributed by atoms with Crippen LogP contribution in [0.15, 0.2) is 30.7 Å². The van der Waals surface area contributed by atoms with E-state index in [4.69, 9.17) is 0 Å². The molecular weight excluding hydrogens is 302 g/mol. The Morgan fingerprint density at radius 1 is 1.23 bits per heavy atom. The van der Waals surface area contributed by atoms with Crippen LogP contribution in [0.2, 0.25) is 0 Å². The summed E-state index contributed by atoms with van der Waals surface area (Å²) in [5.41, 5.74) is 2.34. The van der Waals surface area contributed by atoms with Crippen molar-refractivity contribution in [1.82, 2.24) is 24.0 Å². The molecule has 0 fully saturated rings. The van der Waals surface area contributed by atoms with E-state index in [1.165, 1.54) is 14.1 Å². The molecule has 22 heavy (non-hydrogen) atoms. The summed E-state index contributed by atoms with van der Waals surface area (Å²) < 4.78 is 27.5. The van der Waals surface area contributed by atoms with Crippen molar-refractivity contribution < 1.29 is 8.42 Å². The summed E-state index contributed by atoms with van der Waals surface area (Å²) in [6, 6.07) is 3.23. The highest BCUT2D eigenvalue weighted by atomic mass is 32.2. The highest BCUT2D eigenvalue weighted by Crippen LogP contribution is 2.20. The van der Waals surface area contributed by atoms with E-state index in [0.29, 0.717) is 5.82 Å². The zero-order valence-corrected chi connectivity index (χ0v) is 13.8. The van der Waals surface area contributed by atoms with E-state index in [-0.39, 0.29) is 0 Å². The molecule has 0 aliphatic heterocycles.